The zero-order valence-electron chi connectivity index (χ0n) is 16.0. The van der Waals surface area contributed by atoms with Gasteiger partial charge in [-0.05, 0) is 43.2 Å². The van der Waals surface area contributed by atoms with Crippen LogP contribution in [0.25, 0.3) is 6.08 Å². The van der Waals surface area contributed by atoms with Crippen LogP contribution in [0.1, 0.15) is 51.0 Å². The third kappa shape index (κ3) is 4.90. The van der Waals surface area contributed by atoms with Crippen molar-refractivity contribution in [1.29, 1.82) is 0 Å². The Kier molecular flexibility index (Phi) is 6.54. The zero-order valence-corrected chi connectivity index (χ0v) is 16.0. The molecule has 27 heavy (non-hydrogen) atoms. The molecule has 0 unspecified atom stereocenters. The van der Waals surface area contributed by atoms with E-state index in [1.54, 1.807) is 6.08 Å². The van der Waals surface area contributed by atoms with Crippen molar-refractivity contribution in [3.8, 4) is 5.75 Å². The van der Waals surface area contributed by atoms with Gasteiger partial charge in [0.15, 0.2) is 0 Å². The summed E-state index contributed by atoms with van der Waals surface area (Å²) < 4.78 is 5.70. The molecule has 5 nitrogen and oxygen atoms in total. The monoisotopic (exact) mass is 371 g/mol. The summed E-state index contributed by atoms with van der Waals surface area (Å²) in [5, 5.41) is 9.62. The smallest absolute Gasteiger partial charge is 0.332 e. The third-order valence-corrected chi connectivity index (χ3v) is 5.66. The van der Waals surface area contributed by atoms with Gasteiger partial charge in [-0.3, -0.25) is 4.79 Å². The van der Waals surface area contributed by atoms with E-state index in [-0.39, 0.29) is 17.9 Å². The number of carbonyl (C=O) groups is 2. The van der Waals surface area contributed by atoms with Crippen LogP contribution in [-0.2, 0) is 9.59 Å². The predicted molar refractivity (Wildman–Crippen MR) is 104 cm³/mol. The number of para-hydroxylation sites is 1. The Labute approximate surface area is 161 Å². The summed E-state index contributed by atoms with van der Waals surface area (Å²) >= 11 is 0. The number of carboxylic acid groups (broad SMARTS) is 1. The summed E-state index contributed by atoms with van der Waals surface area (Å²) in [6.07, 6.45) is 7.26. The number of fused-ring (bicyclic) bond motifs is 1. The number of rotatable bonds is 7. The minimum Gasteiger partial charge on any atom is -0.493 e. The Morgan fingerprint density at radius 2 is 1.85 bits per heavy atom. The summed E-state index contributed by atoms with van der Waals surface area (Å²) in [6.45, 7) is 4.16. The Morgan fingerprint density at radius 1 is 1.19 bits per heavy atom. The summed E-state index contributed by atoms with van der Waals surface area (Å²) in [7, 11) is 0. The Bertz CT molecular complexity index is 698. The minimum absolute atomic E-state index is 0.0725. The van der Waals surface area contributed by atoms with Crippen LogP contribution in [0.15, 0.2) is 29.8 Å². The molecular weight excluding hydrogens is 342 g/mol. The van der Waals surface area contributed by atoms with Crippen LogP contribution < -0.4 is 4.74 Å². The van der Waals surface area contributed by atoms with Crippen LogP contribution in [0.4, 0.5) is 0 Å². The van der Waals surface area contributed by atoms with Crippen molar-refractivity contribution in [2.24, 2.45) is 11.8 Å². The Morgan fingerprint density at radius 3 is 2.48 bits per heavy atom. The number of likely N-dealkylation sites (tertiary alicyclic amines) is 1. The summed E-state index contributed by atoms with van der Waals surface area (Å²) in [5.41, 5.74) is 0.814. The van der Waals surface area contributed by atoms with Gasteiger partial charge in [0.2, 0.25) is 5.91 Å². The van der Waals surface area contributed by atoms with E-state index >= 15 is 0 Å². The number of hydrogen-bond donors (Lipinski definition) is 1. The zero-order chi connectivity index (χ0) is 19.2. The van der Waals surface area contributed by atoms with E-state index in [0.717, 1.165) is 19.5 Å². The van der Waals surface area contributed by atoms with Crippen LogP contribution in [0.2, 0.25) is 0 Å². The van der Waals surface area contributed by atoms with E-state index < -0.39 is 5.97 Å². The average Bonchev–Trinajstić information content (AvgIpc) is 3.11. The number of hydrogen-bond acceptors (Lipinski definition) is 3. The summed E-state index contributed by atoms with van der Waals surface area (Å²) in [4.78, 5) is 26.4. The van der Waals surface area contributed by atoms with Gasteiger partial charge in [0.1, 0.15) is 5.75 Å². The molecule has 1 saturated heterocycles. The van der Waals surface area contributed by atoms with Crippen LogP contribution in [-0.4, -0.2) is 41.6 Å². The van der Waals surface area contributed by atoms with Crippen molar-refractivity contribution in [2.45, 2.75) is 45.4 Å². The van der Waals surface area contributed by atoms with Crippen molar-refractivity contribution >= 4 is 18.0 Å². The molecule has 1 aliphatic heterocycles. The first-order valence-corrected chi connectivity index (χ1v) is 10.0. The van der Waals surface area contributed by atoms with Crippen molar-refractivity contribution in [3.05, 3.63) is 35.4 Å². The second-order valence-electron chi connectivity index (χ2n) is 7.64. The largest absolute Gasteiger partial charge is 0.493 e. The van der Waals surface area contributed by atoms with Gasteiger partial charge in [-0.1, -0.05) is 38.0 Å². The first-order chi connectivity index (χ1) is 13.1. The fourth-order valence-electron chi connectivity index (χ4n) is 4.20. The molecule has 1 amide bonds. The first-order valence-electron chi connectivity index (χ1n) is 10.0. The van der Waals surface area contributed by atoms with E-state index in [0.29, 0.717) is 29.8 Å². The summed E-state index contributed by atoms with van der Waals surface area (Å²) in [6, 6.07) is 7.35. The predicted octanol–water partition coefficient (Wildman–Crippen LogP) is 3.98. The number of amides is 1. The van der Waals surface area contributed by atoms with Crippen LogP contribution in [0, 0.1) is 11.8 Å². The van der Waals surface area contributed by atoms with Gasteiger partial charge in [-0.2, -0.15) is 0 Å². The van der Waals surface area contributed by atoms with Crippen LogP contribution in [0.5, 0.6) is 5.75 Å². The van der Waals surface area contributed by atoms with Gasteiger partial charge in [0.05, 0.1) is 13.0 Å². The number of aliphatic carboxylic acids is 1. The normalized spacial score (nSPS) is 22.4. The number of carbonyl (C=O) groups excluding carboxylic acids is 1. The number of carboxylic acids is 1. The lowest BCUT2D eigenvalue weighted by Gasteiger charge is -2.22. The highest BCUT2D eigenvalue weighted by atomic mass is 16.5. The van der Waals surface area contributed by atoms with Crippen molar-refractivity contribution in [1.82, 2.24) is 4.90 Å². The molecule has 0 bridgehead atoms. The maximum Gasteiger partial charge on any atom is 0.332 e. The SMILES string of the molecule is CCCOc1ccccc1/C=C(\CC(=O)N1C[C@H]2CCCC[C@H]2C1)C(=O)O. The highest BCUT2D eigenvalue weighted by molar-refractivity contribution is 5.98. The first kappa shape index (κ1) is 19.5. The molecule has 1 aromatic rings. The number of benzene rings is 1. The van der Waals surface area contributed by atoms with Crippen molar-refractivity contribution in [2.75, 3.05) is 19.7 Å². The average molecular weight is 371 g/mol. The number of ether oxygens (including phenoxy) is 1. The second kappa shape index (κ2) is 9.07. The van der Waals surface area contributed by atoms with Crippen molar-refractivity contribution < 1.29 is 19.4 Å². The topological polar surface area (TPSA) is 66.8 Å². The second-order valence-corrected chi connectivity index (χ2v) is 7.64. The van der Waals surface area contributed by atoms with Gasteiger partial charge in [-0.15, -0.1) is 0 Å². The molecule has 1 aromatic carbocycles. The maximum absolute atomic E-state index is 12.7. The standard InChI is InChI=1S/C22H29NO4/c1-2-11-27-20-10-6-5-7-16(20)12-19(22(25)26)13-21(24)23-14-17-8-3-4-9-18(17)15-23/h5-7,10,12,17-18H,2-4,8-9,11,13-15H2,1H3,(H,25,26)/b19-12+/t17-,18+. The van der Waals surface area contributed by atoms with Crippen LogP contribution in [0.3, 0.4) is 0 Å². The maximum atomic E-state index is 12.7. The van der Waals surface area contributed by atoms with Crippen molar-refractivity contribution in [3.63, 3.8) is 0 Å². The quantitative estimate of drug-likeness (QED) is 0.736. The third-order valence-electron chi connectivity index (χ3n) is 5.66. The molecule has 2 atom stereocenters. The molecule has 0 aromatic heterocycles. The molecule has 146 valence electrons. The lowest BCUT2D eigenvalue weighted by molar-refractivity contribution is -0.136. The minimum atomic E-state index is -1.05. The molecule has 1 heterocycles. The van der Waals surface area contributed by atoms with Gasteiger partial charge in [0.25, 0.3) is 0 Å². The van der Waals surface area contributed by atoms with Gasteiger partial charge in [0, 0.05) is 24.2 Å². The number of nitrogens with zero attached hydrogens (tertiary/aromatic N) is 1. The lowest BCUT2D eigenvalue weighted by Crippen LogP contribution is -2.29. The lowest BCUT2D eigenvalue weighted by atomic mass is 9.82. The molecule has 0 radical (unpaired) electrons. The molecule has 2 fully saturated rings. The fourth-order valence-corrected chi connectivity index (χ4v) is 4.20. The molecule has 1 aliphatic carbocycles. The molecule has 2 aliphatic rings. The van der Waals surface area contributed by atoms with E-state index in [9.17, 15) is 14.7 Å². The molecule has 3 rings (SSSR count). The van der Waals surface area contributed by atoms with Gasteiger partial charge in [-0.25, -0.2) is 4.79 Å². The van der Waals surface area contributed by atoms with Gasteiger partial charge < -0.3 is 14.7 Å². The Balaban J connectivity index is 1.72. The molecule has 1 saturated carbocycles. The molecule has 1 N–H and O–H groups in total. The highest BCUT2D eigenvalue weighted by Gasteiger charge is 2.36. The molecule has 5 heteroatoms. The molecule has 0 spiro atoms. The Hall–Kier alpha value is -2.30. The fraction of sp³-hybridized carbons (Fsp3) is 0.545. The molecular formula is C22H29NO4. The van der Waals surface area contributed by atoms with E-state index in [4.69, 9.17) is 4.74 Å². The van der Waals surface area contributed by atoms with E-state index in [1.165, 1.54) is 25.7 Å². The van der Waals surface area contributed by atoms with E-state index in [2.05, 4.69) is 0 Å². The van der Waals surface area contributed by atoms with Crippen LogP contribution >= 0.6 is 0 Å². The summed E-state index contributed by atoms with van der Waals surface area (Å²) in [5.74, 6) is 0.722. The van der Waals surface area contributed by atoms with Gasteiger partial charge >= 0.3 is 5.97 Å². The van der Waals surface area contributed by atoms with E-state index in [1.807, 2.05) is 36.1 Å². The highest BCUT2D eigenvalue weighted by Crippen LogP contribution is 2.36.